The number of aliphatic hydroxyl groups excluding tert-OH is 1. The fraction of sp³-hybridized carbons (Fsp3) is 1.00. The number of hydrogen-bond acceptors (Lipinski definition) is 2. The van der Waals surface area contributed by atoms with Crippen LogP contribution in [0.2, 0.25) is 0 Å². The molecule has 1 aliphatic rings. The van der Waals surface area contributed by atoms with Crippen molar-refractivity contribution >= 4 is 0 Å². The third-order valence-electron chi connectivity index (χ3n) is 1.50. The van der Waals surface area contributed by atoms with E-state index in [-0.39, 0.29) is 12.2 Å². The fourth-order valence-corrected chi connectivity index (χ4v) is 0.612. The van der Waals surface area contributed by atoms with Crippen molar-refractivity contribution in [3.63, 3.8) is 0 Å². The van der Waals surface area contributed by atoms with Gasteiger partial charge in [0.1, 0.15) is 0 Å². The Bertz CT molecular complexity index is 76.6. The summed E-state index contributed by atoms with van der Waals surface area (Å²) < 4.78 is 5.24. The Balaban J connectivity index is 2.01. The lowest BCUT2D eigenvalue weighted by Crippen LogP contribution is -2.11. The molecule has 1 fully saturated rings. The summed E-state index contributed by atoms with van der Waals surface area (Å²) in [6, 6.07) is 0. The smallest absolute Gasteiger partial charge is 0.0705 e. The van der Waals surface area contributed by atoms with E-state index in [1.807, 2.05) is 0 Å². The van der Waals surface area contributed by atoms with Crippen LogP contribution in [0.5, 0.6) is 0 Å². The van der Waals surface area contributed by atoms with E-state index in [2.05, 4.69) is 6.92 Å². The first-order valence-corrected chi connectivity index (χ1v) is 3.02. The molecule has 1 N–H and O–H groups in total. The van der Waals surface area contributed by atoms with E-state index < -0.39 is 0 Å². The van der Waals surface area contributed by atoms with E-state index in [9.17, 15) is 0 Å². The summed E-state index contributed by atoms with van der Waals surface area (Å²) in [5, 5.41) is 8.33. The lowest BCUT2D eigenvalue weighted by atomic mass is 10.4. The van der Waals surface area contributed by atoms with Crippen LogP contribution >= 0.6 is 0 Å². The van der Waals surface area contributed by atoms with Gasteiger partial charge >= 0.3 is 0 Å². The monoisotopic (exact) mass is 116 g/mol. The van der Waals surface area contributed by atoms with Gasteiger partial charge in [0, 0.05) is 0 Å². The summed E-state index contributed by atoms with van der Waals surface area (Å²) in [7, 11) is 0. The van der Waals surface area contributed by atoms with Gasteiger partial charge in [-0.1, -0.05) is 0 Å². The van der Waals surface area contributed by atoms with Gasteiger partial charge < -0.3 is 9.84 Å². The molecule has 0 aromatic rings. The lowest BCUT2D eigenvalue weighted by Gasteiger charge is -2.06. The minimum absolute atomic E-state index is 0.142. The Kier molecular flexibility index (Phi) is 1.54. The summed E-state index contributed by atoms with van der Waals surface area (Å²) in [6.45, 7) is 2.72. The van der Waals surface area contributed by atoms with Crippen LogP contribution in [0, 0.1) is 0 Å². The molecule has 0 amide bonds. The lowest BCUT2D eigenvalue weighted by molar-refractivity contribution is 0.0224. The first-order chi connectivity index (χ1) is 3.77. The molecular formula is C6H12O2. The molecule has 0 aliphatic heterocycles. The summed E-state index contributed by atoms with van der Waals surface area (Å²) in [4.78, 5) is 0. The van der Waals surface area contributed by atoms with Crippen LogP contribution in [0.4, 0.5) is 0 Å². The van der Waals surface area contributed by atoms with E-state index in [1.54, 1.807) is 0 Å². The maximum absolute atomic E-state index is 8.33. The van der Waals surface area contributed by atoms with Gasteiger partial charge in [-0.2, -0.15) is 0 Å². The normalized spacial score (nSPS) is 23.2. The zero-order valence-corrected chi connectivity index (χ0v) is 5.18. The Morgan fingerprint density at radius 1 is 1.62 bits per heavy atom. The zero-order chi connectivity index (χ0) is 6.04. The molecule has 2 heteroatoms. The molecule has 1 saturated carbocycles. The molecule has 0 spiro atoms. The second-order valence-corrected chi connectivity index (χ2v) is 2.52. The summed E-state index contributed by atoms with van der Waals surface area (Å²) in [5.74, 6) is 0. The van der Waals surface area contributed by atoms with Crippen molar-refractivity contribution in [1.29, 1.82) is 0 Å². The largest absolute Gasteiger partial charge is 0.394 e. The Morgan fingerprint density at radius 2 is 2.25 bits per heavy atom. The van der Waals surface area contributed by atoms with E-state index >= 15 is 0 Å². The number of rotatable bonds is 3. The standard InChI is InChI=1S/C6H12O2/c1-6(2-3-6)8-5-4-7/h7H,2-5H2,1H3. The van der Waals surface area contributed by atoms with Crippen LogP contribution < -0.4 is 0 Å². The van der Waals surface area contributed by atoms with Crippen molar-refractivity contribution in [1.82, 2.24) is 0 Å². The highest BCUT2D eigenvalue weighted by Gasteiger charge is 2.38. The fourth-order valence-electron chi connectivity index (χ4n) is 0.612. The van der Waals surface area contributed by atoms with E-state index in [1.165, 1.54) is 0 Å². The molecular weight excluding hydrogens is 104 g/mol. The predicted octanol–water partition coefficient (Wildman–Crippen LogP) is 0.548. The van der Waals surface area contributed by atoms with Crippen LogP contribution in [0.15, 0.2) is 0 Å². The molecule has 0 saturated heterocycles. The van der Waals surface area contributed by atoms with E-state index in [4.69, 9.17) is 9.84 Å². The molecule has 1 aliphatic carbocycles. The third-order valence-corrected chi connectivity index (χ3v) is 1.50. The molecule has 0 aromatic heterocycles. The van der Waals surface area contributed by atoms with Gasteiger partial charge in [0.05, 0.1) is 18.8 Å². The van der Waals surface area contributed by atoms with Gasteiger partial charge in [-0.05, 0) is 19.8 Å². The maximum Gasteiger partial charge on any atom is 0.0705 e. The predicted molar refractivity (Wildman–Crippen MR) is 30.7 cm³/mol. The SMILES string of the molecule is CC1(OCCO)CC1. The quantitative estimate of drug-likeness (QED) is 0.583. The summed E-state index contributed by atoms with van der Waals surface area (Å²) >= 11 is 0. The number of ether oxygens (including phenoxy) is 1. The highest BCUT2D eigenvalue weighted by Crippen LogP contribution is 2.38. The van der Waals surface area contributed by atoms with Crippen LogP contribution in [-0.2, 0) is 4.74 Å². The Hall–Kier alpha value is -0.0800. The van der Waals surface area contributed by atoms with Gasteiger partial charge in [0.15, 0.2) is 0 Å². The minimum atomic E-state index is 0.142. The van der Waals surface area contributed by atoms with Crippen molar-refractivity contribution in [2.24, 2.45) is 0 Å². The molecule has 0 aromatic carbocycles. The number of hydrogen-bond donors (Lipinski definition) is 1. The van der Waals surface area contributed by atoms with Crippen molar-refractivity contribution < 1.29 is 9.84 Å². The van der Waals surface area contributed by atoms with Crippen LogP contribution in [-0.4, -0.2) is 23.9 Å². The second-order valence-electron chi connectivity index (χ2n) is 2.52. The van der Waals surface area contributed by atoms with E-state index in [0.717, 1.165) is 12.8 Å². The molecule has 0 unspecified atom stereocenters. The summed E-state index contributed by atoms with van der Waals surface area (Å²) in [6.07, 6.45) is 2.32. The van der Waals surface area contributed by atoms with E-state index in [0.29, 0.717) is 6.61 Å². The highest BCUT2D eigenvalue weighted by atomic mass is 16.5. The van der Waals surface area contributed by atoms with Gasteiger partial charge in [-0.25, -0.2) is 0 Å². The molecule has 1 rings (SSSR count). The van der Waals surface area contributed by atoms with Crippen LogP contribution in [0.25, 0.3) is 0 Å². The molecule has 0 bridgehead atoms. The van der Waals surface area contributed by atoms with Crippen molar-refractivity contribution in [3.8, 4) is 0 Å². The second kappa shape index (κ2) is 2.03. The topological polar surface area (TPSA) is 29.5 Å². The third kappa shape index (κ3) is 1.46. The molecule has 0 atom stereocenters. The Morgan fingerprint density at radius 3 is 2.62 bits per heavy atom. The molecule has 48 valence electrons. The average molecular weight is 116 g/mol. The van der Waals surface area contributed by atoms with Gasteiger partial charge in [0.25, 0.3) is 0 Å². The summed E-state index contributed by atoms with van der Waals surface area (Å²) in [5.41, 5.74) is 0.142. The maximum atomic E-state index is 8.33. The van der Waals surface area contributed by atoms with Gasteiger partial charge in [0.2, 0.25) is 0 Å². The first-order valence-electron chi connectivity index (χ1n) is 3.02. The van der Waals surface area contributed by atoms with Crippen molar-refractivity contribution in [2.45, 2.75) is 25.4 Å². The zero-order valence-electron chi connectivity index (χ0n) is 5.18. The molecule has 8 heavy (non-hydrogen) atoms. The molecule has 2 nitrogen and oxygen atoms in total. The van der Waals surface area contributed by atoms with Crippen molar-refractivity contribution in [2.75, 3.05) is 13.2 Å². The van der Waals surface area contributed by atoms with Crippen LogP contribution in [0.1, 0.15) is 19.8 Å². The average Bonchev–Trinajstić information content (AvgIpc) is 2.45. The minimum Gasteiger partial charge on any atom is -0.394 e. The van der Waals surface area contributed by atoms with Gasteiger partial charge in [-0.15, -0.1) is 0 Å². The first kappa shape index (κ1) is 6.05. The van der Waals surface area contributed by atoms with Crippen molar-refractivity contribution in [3.05, 3.63) is 0 Å². The van der Waals surface area contributed by atoms with Gasteiger partial charge in [-0.3, -0.25) is 0 Å². The Labute approximate surface area is 49.5 Å². The van der Waals surface area contributed by atoms with Crippen LogP contribution in [0.3, 0.4) is 0 Å². The molecule has 0 radical (unpaired) electrons. The number of aliphatic hydroxyl groups is 1. The molecule has 0 heterocycles. The highest BCUT2D eigenvalue weighted by molar-refractivity contribution is 4.90.